The van der Waals surface area contributed by atoms with E-state index in [2.05, 4.69) is 15.2 Å². The molecule has 0 aromatic heterocycles. The molecule has 0 bridgehead atoms. The summed E-state index contributed by atoms with van der Waals surface area (Å²) in [5.74, 6) is 0.952. The summed E-state index contributed by atoms with van der Waals surface area (Å²) in [7, 11) is 1.83. The van der Waals surface area contributed by atoms with Gasteiger partial charge in [0.2, 0.25) is 0 Å². The molecule has 0 atom stereocenters. The summed E-state index contributed by atoms with van der Waals surface area (Å²) in [6.07, 6.45) is 5.35. The molecule has 0 unspecified atom stereocenters. The van der Waals surface area contributed by atoms with E-state index < -0.39 is 0 Å². The van der Waals surface area contributed by atoms with E-state index in [1.54, 1.807) is 0 Å². The average molecular weight is 467 g/mol. The molecule has 7 heteroatoms. The minimum absolute atomic E-state index is 0. The van der Waals surface area contributed by atoms with Gasteiger partial charge in [-0.05, 0) is 51.4 Å². The number of nitrogens with zero attached hydrogens (tertiary/aromatic N) is 2. The van der Waals surface area contributed by atoms with Gasteiger partial charge in [0.25, 0.3) is 0 Å². The highest BCUT2D eigenvalue weighted by atomic mass is 127. The number of guanidine groups is 1. The standard InChI is InChI=1S/C18H33N3O3.HI/c1-4-23-13-10-18(8-9-18)14-20-17(19-3)21-11-6-15(7-12-21)16(22)24-5-2;/h15H,4-14H2,1-3H3,(H,19,20);1H. The van der Waals surface area contributed by atoms with Crippen molar-refractivity contribution >= 4 is 35.9 Å². The van der Waals surface area contributed by atoms with Crippen LogP contribution >= 0.6 is 24.0 Å². The number of nitrogens with one attached hydrogen (secondary N) is 1. The molecule has 6 nitrogen and oxygen atoms in total. The number of esters is 1. The molecule has 1 N–H and O–H groups in total. The number of hydrogen-bond acceptors (Lipinski definition) is 4. The molecule has 146 valence electrons. The van der Waals surface area contributed by atoms with Gasteiger partial charge in [-0.1, -0.05) is 0 Å². The number of hydrogen-bond donors (Lipinski definition) is 1. The van der Waals surface area contributed by atoms with Crippen LogP contribution in [0.15, 0.2) is 4.99 Å². The van der Waals surface area contributed by atoms with E-state index in [1.165, 1.54) is 12.8 Å². The van der Waals surface area contributed by atoms with E-state index in [9.17, 15) is 4.79 Å². The van der Waals surface area contributed by atoms with Crippen LogP contribution in [0.5, 0.6) is 0 Å². The third kappa shape index (κ3) is 6.92. The molecular weight excluding hydrogens is 433 g/mol. The van der Waals surface area contributed by atoms with E-state index in [4.69, 9.17) is 9.47 Å². The van der Waals surface area contributed by atoms with E-state index in [0.29, 0.717) is 12.0 Å². The van der Waals surface area contributed by atoms with E-state index in [0.717, 1.165) is 58.1 Å². The minimum Gasteiger partial charge on any atom is -0.466 e. The van der Waals surface area contributed by atoms with Crippen LogP contribution in [0.25, 0.3) is 0 Å². The largest absolute Gasteiger partial charge is 0.466 e. The zero-order valence-corrected chi connectivity index (χ0v) is 18.2. The smallest absolute Gasteiger partial charge is 0.309 e. The molecule has 1 aliphatic heterocycles. The van der Waals surface area contributed by atoms with Gasteiger partial charge >= 0.3 is 5.97 Å². The fourth-order valence-corrected chi connectivity index (χ4v) is 3.31. The first kappa shape index (κ1) is 22.5. The number of piperidine rings is 1. The van der Waals surface area contributed by atoms with Crippen molar-refractivity contribution in [2.45, 2.75) is 46.0 Å². The minimum atomic E-state index is -0.0482. The van der Waals surface area contributed by atoms with Crippen LogP contribution in [0.3, 0.4) is 0 Å². The topological polar surface area (TPSA) is 63.2 Å². The van der Waals surface area contributed by atoms with E-state index >= 15 is 0 Å². The monoisotopic (exact) mass is 467 g/mol. The molecule has 0 aromatic rings. The van der Waals surface area contributed by atoms with Crippen molar-refractivity contribution in [1.29, 1.82) is 0 Å². The molecule has 0 radical (unpaired) electrons. The van der Waals surface area contributed by atoms with Gasteiger partial charge < -0.3 is 19.7 Å². The van der Waals surface area contributed by atoms with Crippen molar-refractivity contribution in [2.75, 3.05) is 46.5 Å². The van der Waals surface area contributed by atoms with Crippen LogP contribution < -0.4 is 5.32 Å². The van der Waals surface area contributed by atoms with Gasteiger partial charge in [0.15, 0.2) is 5.96 Å². The molecular formula is C18H34IN3O3. The maximum Gasteiger partial charge on any atom is 0.309 e. The molecule has 2 fully saturated rings. The highest BCUT2D eigenvalue weighted by molar-refractivity contribution is 14.0. The average Bonchev–Trinajstić information content (AvgIpc) is 3.36. The summed E-state index contributed by atoms with van der Waals surface area (Å²) in [4.78, 5) is 18.5. The molecule has 0 aromatic carbocycles. The van der Waals surface area contributed by atoms with E-state index in [-0.39, 0.29) is 35.9 Å². The Labute approximate surface area is 169 Å². The van der Waals surface area contributed by atoms with Crippen LogP contribution in [0.4, 0.5) is 0 Å². The first-order valence-electron chi connectivity index (χ1n) is 9.34. The number of likely N-dealkylation sites (tertiary alicyclic amines) is 1. The van der Waals surface area contributed by atoms with Crippen LogP contribution in [0, 0.1) is 11.3 Å². The summed E-state index contributed by atoms with van der Waals surface area (Å²) in [5, 5.41) is 3.54. The Kier molecular flexibility index (Phi) is 10.1. The lowest BCUT2D eigenvalue weighted by atomic mass is 9.97. The Hall–Kier alpha value is -0.570. The zero-order chi connectivity index (χ0) is 17.4. The summed E-state index contributed by atoms with van der Waals surface area (Å²) in [6.45, 7) is 8.68. The lowest BCUT2D eigenvalue weighted by Gasteiger charge is -2.34. The second kappa shape index (κ2) is 11.2. The van der Waals surface area contributed by atoms with Gasteiger partial charge in [0.05, 0.1) is 12.5 Å². The molecule has 2 rings (SSSR count). The highest BCUT2D eigenvalue weighted by Crippen LogP contribution is 2.48. The number of aliphatic imine (C=N–C) groups is 1. The zero-order valence-electron chi connectivity index (χ0n) is 15.9. The second-order valence-electron chi connectivity index (χ2n) is 6.86. The predicted molar refractivity (Wildman–Crippen MR) is 110 cm³/mol. The molecule has 1 saturated heterocycles. The Balaban J connectivity index is 0.00000312. The fourth-order valence-electron chi connectivity index (χ4n) is 3.31. The Morgan fingerprint density at radius 3 is 2.44 bits per heavy atom. The van der Waals surface area contributed by atoms with Crippen LogP contribution in [-0.4, -0.2) is 63.3 Å². The lowest BCUT2D eigenvalue weighted by Crippen LogP contribution is -2.48. The van der Waals surface area contributed by atoms with Crippen molar-refractivity contribution in [3.05, 3.63) is 0 Å². The second-order valence-corrected chi connectivity index (χ2v) is 6.86. The molecule has 0 spiro atoms. The lowest BCUT2D eigenvalue weighted by molar-refractivity contribution is -0.149. The SMILES string of the molecule is CCOCCC1(CNC(=NC)N2CCC(C(=O)OCC)CC2)CC1.I. The van der Waals surface area contributed by atoms with Gasteiger partial charge in [-0.25, -0.2) is 0 Å². The fraction of sp³-hybridized carbons (Fsp3) is 0.889. The maximum atomic E-state index is 11.8. The summed E-state index contributed by atoms with van der Waals surface area (Å²) < 4.78 is 10.6. The van der Waals surface area contributed by atoms with Gasteiger partial charge in [-0.15, -0.1) is 24.0 Å². The van der Waals surface area contributed by atoms with Crippen LogP contribution in [0.2, 0.25) is 0 Å². The first-order valence-corrected chi connectivity index (χ1v) is 9.34. The number of carbonyl (C=O) groups is 1. The number of halogens is 1. The van der Waals surface area contributed by atoms with Crippen molar-refractivity contribution in [3.8, 4) is 0 Å². The normalized spacial score (nSPS) is 20.0. The molecule has 1 heterocycles. The molecule has 1 aliphatic carbocycles. The third-order valence-corrected chi connectivity index (χ3v) is 5.19. The highest BCUT2D eigenvalue weighted by Gasteiger charge is 2.42. The van der Waals surface area contributed by atoms with Gasteiger partial charge in [0.1, 0.15) is 0 Å². The summed E-state index contributed by atoms with van der Waals surface area (Å²) in [6, 6.07) is 0. The summed E-state index contributed by atoms with van der Waals surface area (Å²) >= 11 is 0. The molecule has 2 aliphatic rings. The van der Waals surface area contributed by atoms with Crippen molar-refractivity contribution < 1.29 is 14.3 Å². The quantitative estimate of drug-likeness (QED) is 0.196. The van der Waals surface area contributed by atoms with E-state index in [1.807, 2.05) is 20.9 Å². The first-order chi connectivity index (χ1) is 11.6. The van der Waals surface area contributed by atoms with Crippen molar-refractivity contribution in [1.82, 2.24) is 10.2 Å². The van der Waals surface area contributed by atoms with Gasteiger partial charge in [-0.3, -0.25) is 9.79 Å². The van der Waals surface area contributed by atoms with Crippen molar-refractivity contribution in [3.63, 3.8) is 0 Å². The maximum absolute atomic E-state index is 11.8. The predicted octanol–water partition coefficient (Wildman–Crippen LogP) is 2.66. The van der Waals surface area contributed by atoms with Crippen LogP contribution in [0.1, 0.15) is 46.0 Å². The number of carbonyl (C=O) groups excluding carboxylic acids is 1. The number of rotatable bonds is 8. The van der Waals surface area contributed by atoms with Gasteiger partial charge in [0, 0.05) is 39.9 Å². The Morgan fingerprint density at radius 2 is 1.92 bits per heavy atom. The summed E-state index contributed by atoms with van der Waals surface area (Å²) in [5.41, 5.74) is 0.397. The molecule has 25 heavy (non-hydrogen) atoms. The Morgan fingerprint density at radius 1 is 1.24 bits per heavy atom. The van der Waals surface area contributed by atoms with Gasteiger partial charge in [-0.2, -0.15) is 0 Å². The third-order valence-electron chi connectivity index (χ3n) is 5.19. The molecule has 1 saturated carbocycles. The molecule has 0 amide bonds. The number of ether oxygens (including phenoxy) is 2. The van der Waals surface area contributed by atoms with Crippen LogP contribution in [-0.2, 0) is 14.3 Å². The van der Waals surface area contributed by atoms with Crippen molar-refractivity contribution in [2.24, 2.45) is 16.3 Å². The Bertz CT molecular complexity index is 433.